The normalized spacial score (nSPS) is 18.0. The van der Waals surface area contributed by atoms with Crippen LogP contribution >= 0.6 is 0 Å². The fourth-order valence-corrected chi connectivity index (χ4v) is 3.07. The van der Waals surface area contributed by atoms with Crippen LogP contribution in [0.15, 0.2) is 35.5 Å². The SMILES string of the molecule is CC(C)n1nc(N2CCCCC2CNc2cnccn2)ccc1=O. The molecule has 2 aromatic rings. The van der Waals surface area contributed by atoms with Crippen molar-refractivity contribution in [1.82, 2.24) is 19.7 Å². The standard InChI is InChI=1S/C17H24N6O/c1-13(2)23-17(24)7-6-16(21-23)22-10-4-3-5-14(22)11-20-15-12-18-8-9-19-15/h6-9,12-14H,3-5,10-11H2,1-2H3,(H,19,20). The van der Waals surface area contributed by atoms with Crippen molar-refractivity contribution in [2.75, 3.05) is 23.3 Å². The Morgan fingerprint density at radius 3 is 2.92 bits per heavy atom. The molecule has 3 heterocycles. The minimum Gasteiger partial charge on any atom is -0.367 e. The summed E-state index contributed by atoms with van der Waals surface area (Å²) < 4.78 is 1.55. The Balaban J connectivity index is 1.77. The fourth-order valence-electron chi connectivity index (χ4n) is 3.07. The molecule has 0 aliphatic carbocycles. The molecule has 1 saturated heterocycles. The summed E-state index contributed by atoms with van der Waals surface area (Å²) in [5.74, 6) is 1.65. The van der Waals surface area contributed by atoms with Crippen LogP contribution in [0.5, 0.6) is 0 Å². The van der Waals surface area contributed by atoms with E-state index in [0.29, 0.717) is 6.04 Å². The van der Waals surface area contributed by atoms with Gasteiger partial charge in [0.15, 0.2) is 0 Å². The van der Waals surface area contributed by atoms with Gasteiger partial charge in [0.25, 0.3) is 5.56 Å². The van der Waals surface area contributed by atoms with Crippen LogP contribution in [0.2, 0.25) is 0 Å². The molecule has 3 rings (SSSR count). The average molecular weight is 328 g/mol. The lowest BCUT2D eigenvalue weighted by atomic mass is 10.0. The molecule has 1 unspecified atom stereocenters. The highest BCUT2D eigenvalue weighted by Gasteiger charge is 2.24. The summed E-state index contributed by atoms with van der Waals surface area (Å²) in [5.41, 5.74) is -0.0556. The lowest BCUT2D eigenvalue weighted by Gasteiger charge is -2.37. The molecule has 7 heteroatoms. The summed E-state index contributed by atoms with van der Waals surface area (Å²) in [4.78, 5) is 22.6. The van der Waals surface area contributed by atoms with E-state index in [9.17, 15) is 4.79 Å². The summed E-state index contributed by atoms with van der Waals surface area (Å²) in [6, 6.07) is 3.83. The number of nitrogens with zero attached hydrogens (tertiary/aromatic N) is 5. The molecule has 1 atom stereocenters. The largest absolute Gasteiger partial charge is 0.367 e. The Morgan fingerprint density at radius 2 is 2.17 bits per heavy atom. The molecule has 2 aromatic heterocycles. The molecule has 0 bridgehead atoms. The quantitative estimate of drug-likeness (QED) is 0.906. The van der Waals surface area contributed by atoms with E-state index >= 15 is 0 Å². The molecule has 24 heavy (non-hydrogen) atoms. The third-order valence-corrected chi connectivity index (χ3v) is 4.30. The Labute approximate surface area is 141 Å². The number of rotatable bonds is 5. The fraction of sp³-hybridized carbons (Fsp3) is 0.529. The van der Waals surface area contributed by atoms with Crippen molar-refractivity contribution in [3.8, 4) is 0 Å². The molecular weight excluding hydrogens is 304 g/mol. The zero-order valence-electron chi connectivity index (χ0n) is 14.2. The van der Waals surface area contributed by atoms with E-state index in [1.165, 1.54) is 6.42 Å². The number of hydrogen-bond acceptors (Lipinski definition) is 6. The Morgan fingerprint density at radius 1 is 1.29 bits per heavy atom. The maximum Gasteiger partial charge on any atom is 0.267 e. The van der Waals surface area contributed by atoms with Gasteiger partial charge in [-0.25, -0.2) is 9.67 Å². The molecule has 1 N–H and O–H groups in total. The first-order valence-corrected chi connectivity index (χ1v) is 8.51. The molecular formula is C17H24N6O. The number of hydrogen-bond donors (Lipinski definition) is 1. The first-order valence-electron chi connectivity index (χ1n) is 8.51. The van der Waals surface area contributed by atoms with Crippen molar-refractivity contribution in [2.45, 2.75) is 45.2 Å². The van der Waals surface area contributed by atoms with Crippen molar-refractivity contribution >= 4 is 11.6 Å². The van der Waals surface area contributed by atoms with Crippen LogP contribution in [0.3, 0.4) is 0 Å². The van der Waals surface area contributed by atoms with Gasteiger partial charge in [-0.3, -0.25) is 9.78 Å². The van der Waals surface area contributed by atoms with Crippen molar-refractivity contribution < 1.29 is 0 Å². The van der Waals surface area contributed by atoms with E-state index in [0.717, 1.165) is 37.6 Å². The summed E-state index contributed by atoms with van der Waals surface area (Å²) >= 11 is 0. The van der Waals surface area contributed by atoms with E-state index < -0.39 is 0 Å². The van der Waals surface area contributed by atoms with E-state index in [-0.39, 0.29) is 11.6 Å². The van der Waals surface area contributed by atoms with Crippen LogP contribution < -0.4 is 15.8 Å². The first kappa shape index (κ1) is 16.4. The maximum atomic E-state index is 11.9. The highest BCUT2D eigenvalue weighted by atomic mass is 16.1. The molecule has 0 radical (unpaired) electrons. The van der Waals surface area contributed by atoms with Crippen molar-refractivity contribution in [3.63, 3.8) is 0 Å². The minimum atomic E-state index is -0.0556. The third kappa shape index (κ3) is 3.72. The van der Waals surface area contributed by atoms with Gasteiger partial charge in [0.2, 0.25) is 0 Å². The second-order valence-corrected chi connectivity index (χ2v) is 6.38. The van der Waals surface area contributed by atoms with Gasteiger partial charge >= 0.3 is 0 Å². The second kappa shape index (κ2) is 7.42. The van der Waals surface area contributed by atoms with Crippen LogP contribution in [-0.2, 0) is 0 Å². The van der Waals surface area contributed by atoms with Gasteiger partial charge < -0.3 is 10.2 Å². The summed E-state index contributed by atoms with van der Waals surface area (Å²) in [5, 5.41) is 7.93. The van der Waals surface area contributed by atoms with Crippen LogP contribution in [0, 0.1) is 0 Å². The smallest absolute Gasteiger partial charge is 0.267 e. The zero-order chi connectivity index (χ0) is 16.9. The van der Waals surface area contributed by atoms with Gasteiger partial charge in [-0.1, -0.05) is 0 Å². The molecule has 128 valence electrons. The Kier molecular flexibility index (Phi) is 5.08. The highest BCUT2D eigenvalue weighted by Crippen LogP contribution is 2.23. The topological polar surface area (TPSA) is 75.9 Å². The van der Waals surface area contributed by atoms with Crippen molar-refractivity contribution in [3.05, 3.63) is 41.1 Å². The maximum absolute atomic E-state index is 11.9. The van der Waals surface area contributed by atoms with Crippen LogP contribution in [0.1, 0.15) is 39.2 Å². The average Bonchev–Trinajstić information content (AvgIpc) is 2.61. The molecule has 1 aliphatic heterocycles. The van der Waals surface area contributed by atoms with Gasteiger partial charge in [0, 0.05) is 37.6 Å². The minimum absolute atomic E-state index is 0.0541. The van der Waals surface area contributed by atoms with E-state index in [1.807, 2.05) is 19.9 Å². The number of anilines is 2. The van der Waals surface area contributed by atoms with E-state index in [2.05, 4.69) is 25.3 Å². The van der Waals surface area contributed by atoms with E-state index in [1.54, 1.807) is 29.3 Å². The molecule has 0 amide bonds. The summed E-state index contributed by atoms with van der Waals surface area (Å²) in [6.07, 6.45) is 8.51. The molecule has 1 fully saturated rings. The molecule has 1 aliphatic rings. The molecule has 7 nitrogen and oxygen atoms in total. The lowest BCUT2D eigenvalue weighted by molar-refractivity contribution is 0.451. The Hall–Kier alpha value is -2.44. The van der Waals surface area contributed by atoms with Crippen molar-refractivity contribution in [2.24, 2.45) is 0 Å². The van der Waals surface area contributed by atoms with Crippen LogP contribution in [-0.4, -0.2) is 38.9 Å². The van der Waals surface area contributed by atoms with Crippen LogP contribution in [0.25, 0.3) is 0 Å². The zero-order valence-corrected chi connectivity index (χ0v) is 14.2. The predicted octanol–water partition coefficient (Wildman–Crippen LogP) is 2.09. The van der Waals surface area contributed by atoms with Crippen molar-refractivity contribution in [1.29, 1.82) is 0 Å². The summed E-state index contributed by atoms with van der Waals surface area (Å²) in [7, 11) is 0. The molecule has 0 aromatic carbocycles. The van der Waals surface area contributed by atoms with Crippen LogP contribution in [0.4, 0.5) is 11.6 Å². The second-order valence-electron chi connectivity index (χ2n) is 6.38. The highest BCUT2D eigenvalue weighted by molar-refractivity contribution is 5.40. The van der Waals surface area contributed by atoms with E-state index in [4.69, 9.17) is 0 Å². The number of aromatic nitrogens is 4. The van der Waals surface area contributed by atoms with Gasteiger partial charge in [-0.15, -0.1) is 0 Å². The van der Waals surface area contributed by atoms with Gasteiger partial charge in [0.1, 0.15) is 11.6 Å². The van der Waals surface area contributed by atoms with Gasteiger partial charge in [0.05, 0.1) is 12.2 Å². The monoisotopic (exact) mass is 328 g/mol. The number of piperidine rings is 1. The Bertz CT molecular complexity index is 715. The van der Waals surface area contributed by atoms with Gasteiger partial charge in [-0.2, -0.15) is 5.10 Å². The summed E-state index contributed by atoms with van der Waals surface area (Å²) in [6.45, 7) is 5.68. The third-order valence-electron chi connectivity index (χ3n) is 4.30. The first-order chi connectivity index (χ1) is 11.6. The molecule has 0 spiro atoms. The number of nitrogens with one attached hydrogen (secondary N) is 1. The lowest BCUT2D eigenvalue weighted by Crippen LogP contribution is -2.45. The molecule has 0 saturated carbocycles. The van der Waals surface area contributed by atoms with Gasteiger partial charge in [-0.05, 0) is 39.2 Å². The predicted molar refractivity (Wildman–Crippen MR) is 94.4 cm³/mol.